The lowest BCUT2D eigenvalue weighted by Gasteiger charge is -2.40. The zero-order chi connectivity index (χ0) is 57.5. The van der Waals surface area contributed by atoms with Gasteiger partial charge in [0.25, 0.3) is 0 Å². The first kappa shape index (κ1) is 72.1. The maximum atomic E-state index is 13.1. The van der Waals surface area contributed by atoms with E-state index in [1.807, 2.05) is 24.3 Å². The monoisotopic (exact) mass is 1100 g/mol. The van der Waals surface area contributed by atoms with Crippen LogP contribution in [0.5, 0.6) is 0 Å². The minimum atomic E-state index is -1.93. The summed E-state index contributed by atoms with van der Waals surface area (Å²) in [6, 6.07) is 0. The van der Waals surface area contributed by atoms with Crippen LogP contribution >= 0.6 is 0 Å². The van der Waals surface area contributed by atoms with Crippen molar-refractivity contribution in [3.8, 4) is 0 Å². The number of ether oxygens (including phenoxy) is 5. The second-order valence-corrected chi connectivity index (χ2v) is 20.2. The van der Waals surface area contributed by atoms with Crippen molar-refractivity contribution in [2.24, 2.45) is 0 Å². The van der Waals surface area contributed by atoms with Crippen LogP contribution < -0.4 is 0 Å². The van der Waals surface area contributed by atoms with Crippen LogP contribution in [0.1, 0.15) is 226 Å². The Bertz CT molecular complexity index is 1840. The molecule has 0 aliphatic carbocycles. The maximum Gasteiger partial charge on any atom is 0.335 e. The number of carboxylic acid groups (broad SMARTS) is 1. The Balaban J connectivity index is 2.73. The highest BCUT2D eigenvalue weighted by molar-refractivity contribution is 5.74. The van der Waals surface area contributed by atoms with E-state index in [1.54, 1.807) is 0 Å². The highest BCUT2D eigenvalue weighted by Gasteiger charge is 2.50. The van der Waals surface area contributed by atoms with E-state index >= 15 is 0 Å². The molecule has 12 heteroatoms. The average Bonchev–Trinajstić information content (AvgIpc) is 3.47. The largest absolute Gasteiger partial charge is 0.479 e. The van der Waals surface area contributed by atoms with Crippen LogP contribution in [0.4, 0.5) is 0 Å². The summed E-state index contributed by atoms with van der Waals surface area (Å²) < 4.78 is 28.3. The molecule has 1 aliphatic heterocycles. The Morgan fingerprint density at radius 1 is 0.430 bits per heavy atom. The molecule has 0 saturated carbocycles. The smallest absolute Gasteiger partial charge is 0.335 e. The summed E-state index contributed by atoms with van der Waals surface area (Å²) >= 11 is 0. The van der Waals surface area contributed by atoms with Crippen molar-refractivity contribution in [1.29, 1.82) is 0 Å². The summed E-state index contributed by atoms with van der Waals surface area (Å²) in [7, 11) is 0. The summed E-state index contributed by atoms with van der Waals surface area (Å²) in [6.07, 6.45) is 61.9. The van der Waals surface area contributed by atoms with Crippen LogP contribution in [0.2, 0.25) is 0 Å². The van der Waals surface area contributed by atoms with Crippen molar-refractivity contribution in [2.75, 3.05) is 13.2 Å². The van der Waals surface area contributed by atoms with E-state index in [4.69, 9.17) is 23.7 Å². The lowest BCUT2D eigenvalue weighted by Crippen LogP contribution is -2.61. The lowest BCUT2D eigenvalue weighted by molar-refractivity contribution is -0.301. The van der Waals surface area contributed by atoms with Crippen molar-refractivity contribution in [3.63, 3.8) is 0 Å². The fraction of sp³-hybridized carbons (Fsp3) is 0.642. The summed E-state index contributed by atoms with van der Waals surface area (Å²) in [5.41, 5.74) is 0. The second-order valence-electron chi connectivity index (χ2n) is 20.2. The van der Waals surface area contributed by atoms with Gasteiger partial charge in [0.15, 0.2) is 24.6 Å². The molecule has 1 saturated heterocycles. The van der Waals surface area contributed by atoms with Gasteiger partial charge in [0.1, 0.15) is 18.8 Å². The number of carbonyl (C=O) groups excluding carboxylic acids is 3. The predicted octanol–water partition coefficient (Wildman–Crippen LogP) is 16.0. The van der Waals surface area contributed by atoms with Crippen molar-refractivity contribution in [1.82, 2.24) is 0 Å². The molecule has 3 N–H and O–H groups in total. The van der Waals surface area contributed by atoms with E-state index < -0.39 is 67.3 Å². The van der Waals surface area contributed by atoms with E-state index in [0.29, 0.717) is 32.1 Å². The number of allylic oxidation sites excluding steroid dienone is 20. The molecule has 1 fully saturated rings. The van der Waals surface area contributed by atoms with Crippen LogP contribution in [0, 0.1) is 0 Å². The Morgan fingerprint density at radius 2 is 0.835 bits per heavy atom. The van der Waals surface area contributed by atoms with Crippen LogP contribution in [0.15, 0.2) is 122 Å². The normalized spacial score (nSPS) is 18.7. The summed E-state index contributed by atoms with van der Waals surface area (Å²) in [6.45, 7) is 5.64. The van der Waals surface area contributed by atoms with Crippen molar-refractivity contribution in [2.45, 2.75) is 263 Å². The molecule has 79 heavy (non-hydrogen) atoms. The standard InChI is InChI=1S/C67H106O12/c1-4-7-10-13-16-19-22-25-27-29-30-32-34-37-40-43-46-49-52-55-61(70)78-65-63(72)62(71)64(66(73)74)79-67(65)76-57-58(77-60(69)54-51-48-45-42-39-35-24-21-18-15-12-9-6-3)56-75-59(68)53-50-47-44-41-38-36-33-31-28-26-23-20-17-14-11-8-5-2/h8-9,11-12,17-18,20-21,25-28,33,35-36,39,41,44-45,48,58,62-65,67,71-72H,4-7,10,13-16,19,22-24,29-32,34,37-38,40,42-43,46-47,49-57H2,1-3H3,(H,73,74)/b11-8-,12-9-,20-17-,21-18-,27-25-,28-26-,36-33-,39-35-,44-41-,48-45-. The third-order valence-electron chi connectivity index (χ3n) is 13.0. The zero-order valence-corrected chi connectivity index (χ0v) is 49.1. The molecule has 6 unspecified atom stereocenters. The Labute approximate surface area is 478 Å². The highest BCUT2D eigenvalue weighted by Crippen LogP contribution is 2.26. The number of aliphatic carboxylic acids is 1. The molecular weight excluding hydrogens is 997 g/mol. The molecule has 12 nitrogen and oxygen atoms in total. The van der Waals surface area contributed by atoms with Gasteiger partial charge >= 0.3 is 23.9 Å². The lowest BCUT2D eigenvalue weighted by atomic mass is 9.98. The number of aliphatic hydroxyl groups excluding tert-OH is 2. The van der Waals surface area contributed by atoms with E-state index in [0.717, 1.165) is 83.5 Å². The van der Waals surface area contributed by atoms with Gasteiger partial charge in [0.2, 0.25) is 0 Å². The molecule has 0 amide bonds. The van der Waals surface area contributed by atoms with Gasteiger partial charge in [-0.2, -0.15) is 0 Å². The Hall–Kier alpha value is -4.88. The Morgan fingerprint density at radius 3 is 1.32 bits per heavy atom. The molecule has 0 aromatic heterocycles. The molecule has 0 radical (unpaired) electrons. The van der Waals surface area contributed by atoms with Gasteiger partial charge in [-0.05, 0) is 109 Å². The van der Waals surface area contributed by atoms with Gasteiger partial charge in [0, 0.05) is 19.3 Å². The van der Waals surface area contributed by atoms with Crippen molar-refractivity contribution >= 4 is 23.9 Å². The summed E-state index contributed by atoms with van der Waals surface area (Å²) in [5, 5.41) is 31.5. The second kappa shape index (κ2) is 53.7. The van der Waals surface area contributed by atoms with E-state index in [-0.39, 0.29) is 25.9 Å². The molecule has 0 aromatic rings. The number of esters is 3. The molecule has 1 aliphatic rings. The molecule has 0 bridgehead atoms. The van der Waals surface area contributed by atoms with E-state index in [9.17, 15) is 34.5 Å². The molecule has 446 valence electrons. The number of aliphatic hydroxyl groups is 2. The number of unbranched alkanes of at least 4 members (excludes halogenated alkanes) is 16. The maximum absolute atomic E-state index is 13.1. The van der Waals surface area contributed by atoms with Gasteiger partial charge in [-0.25, -0.2) is 4.79 Å². The number of carbonyl (C=O) groups is 4. The summed E-state index contributed by atoms with van der Waals surface area (Å²) in [4.78, 5) is 51.1. The summed E-state index contributed by atoms with van der Waals surface area (Å²) in [5.74, 6) is -3.32. The van der Waals surface area contributed by atoms with E-state index in [1.165, 1.54) is 70.6 Å². The number of hydrogen-bond donors (Lipinski definition) is 3. The molecule has 0 spiro atoms. The van der Waals surface area contributed by atoms with Gasteiger partial charge < -0.3 is 39.0 Å². The van der Waals surface area contributed by atoms with Gasteiger partial charge in [0.05, 0.1) is 6.61 Å². The molecule has 0 aromatic carbocycles. The van der Waals surface area contributed by atoms with Crippen molar-refractivity contribution < 1.29 is 58.2 Å². The van der Waals surface area contributed by atoms with Crippen molar-refractivity contribution in [3.05, 3.63) is 122 Å². The van der Waals surface area contributed by atoms with Gasteiger partial charge in [-0.3, -0.25) is 14.4 Å². The topological polar surface area (TPSA) is 175 Å². The third kappa shape index (κ3) is 43.6. The van der Waals surface area contributed by atoms with Crippen LogP contribution in [0.3, 0.4) is 0 Å². The minimum Gasteiger partial charge on any atom is -0.479 e. The Kier molecular flexibility index (Phi) is 49.1. The van der Waals surface area contributed by atoms with Crippen LogP contribution in [0.25, 0.3) is 0 Å². The molecule has 6 atom stereocenters. The quantitative estimate of drug-likeness (QED) is 0.0228. The minimum absolute atomic E-state index is 0.0234. The average molecular weight is 1100 g/mol. The molecule has 1 heterocycles. The number of rotatable bonds is 50. The fourth-order valence-corrected chi connectivity index (χ4v) is 8.41. The highest BCUT2D eigenvalue weighted by atomic mass is 16.7. The molecular formula is C67H106O12. The first-order valence-electron chi connectivity index (χ1n) is 30.5. The number of hydrogen-bond acceptors (Lipinski definition) is 11. The first-order valence-corrected chi connectivity index (χ1v) is 30.5. The van der Waals surface area contributed by atoms with E-state index in [2.05, 4.69) is 118 Å². The first-order chi connectivity index (χ1) is 38.6. The predicted molar refractivity (Wildman–Crippen MR) is 321 cm³/mol. The van der Waals surface area contributed by atoms with Gasteiger partial charge in [-0.1, -0.05) is 219 Å². The van der Waals surface area contributed by atoms with Crippen LogP contribution in [-0.2, 0) is 42.9 Å². The number of carboxylic acids is 1. The molecule has 1 rings (SSSR count). The fourth-order valence-electron chi connectivity index (χ4n) is 8.41. The third-order valence-corrected chi connectivity index (χ3v) is 13.0. The zero-order valence-electron chi connectivity index (χ0n) is 49.1. The van der Waals surface area contributed by atoms with Gasteiger partial charge in [-0.15, -0.1) is 0 Å². The SMILES string of the molecule is CC/C=C\C/C=C\C/C=C\C/C=C\C/C=C\CCCC(=O)OCC(COC1OC(C(=O)O)C(O)C(O)C1OC(=O)CCCCCCCCCCC/C=C\CCCCCCCC)OC(=O)CC/C=C\C/C=C\C/C=C\C/C=C\CC. The van der Waals surface area contributed by atoms with Crippen LogP contribution in [-0.4, -0.2) is 89.2 Å².